The van der Waals surface area contributed by atoms with E-state index in [4.69, 9.17) is 4.74 Å². The average molecular weight is 431 g/mol. The molecule has 0 aromatic heterocycles. The Morgan fingerprint density at radius 3 is 2.20 bits per heavy atom. The summed E-state index contributed by atoms with van der Waals surface area (Å²) >= 11 is 0. The largest absolute Gasteiger partial charge is 0.459 e. The van der Waals surface area contributed by atoms with E-state index in [1.807, 2.05) is 30.3 Å². The maximum Gasteiger partial charge on any atom is 0.327 e. The van der Waals surface area contributed by atoms with Gasteiger partial charge in [0.1, 0.15) is 12.1 Å². The molecule has 0 unspecified atom stereocenters. The van der Waals surface area contributed by atoms with E-state index in [0.717, 1.165) is 24.8 Å². The first-order valence-electron chi connectivity index (χ1n) is 9.94. The number of benzene rings is 2. The number of carbonyl (C=O) groups excluding carboxylic acids is 2. The molecular formula is C22H26N2O5S. The summed E-state index contributed by atoms with van der Waals surface area (Å²) in [7, 11) is -3.96. The summed E-state index contributed by atoms with van der Waals surface area (Å²) < 4.78 is 34.2. The highest BCUT2D eigenvalue weighted by molar-refractivity contribution is 7.89. The minimum absolute atomic E-state index is 0.0254. The summed E-state index contributed by atoms with van der Waals surface area (Å²) in [6.45, 7) is 1.47. The number of rotatable bonds is 7. The second-order valence-electron chi connectivity index (χ2n) is 7.52. The van der Waals surface area contributed by atoms with Gasteiger partial charge in [-0.15, -0.1) is 0 Å². The molecule has 0 radical (unpaired) electrons. The minimum Gasteiger partial charge on any atom is -0.459 e. The predicted octanol–water partition coefficient (Wildman–Crippen LogP) is 3.37. The van der Waals surface area contributed by atoms with Crippen LogP contribution in [0.2, 0.25) is 0 Å². The first-order chi connectivity index (χ1) is 14.3. The van der Waals surface area contributed by atoms with Crippen LogP contribution < -0.4 is 10.0 Å². The van der Waals surface area contributed by atoms with E-state index in [1.54, 1.807) is 0 Å². The maximum atomic E-state index is 13.0. The Hall–Kier alpha value is -2.71. The van der Waals surface area contributed by atoms with Crippen molar-refractivity contribution in [1.82, 2.24) is 4.72 Å². The normalized spacial score (nSPS) is 15.9. The van der Waals surface area contributed by atoms with Gasteiger partial charge in [0.15, 0.2) is 0 Å². The number of anilines is 1. The highest BCUT2D eigenvalue weighted by Gasteiger charge is 2.44. The molecule has 0 aliphatic heterocycles. The molecule has 0 bridgehead atoms. The average Bonchev–Trinajstić information content (AvgIpc) is 2.73. The number of amides is 1. The Bertz CT molecular complexity index is 982. The third kappa shape index (κ3) is 5.46. The summed E-state index contributed by atoms with van der Waals surface area (Å²) in [6, 6.07) is 15.1. The van der Waals surface area contributed by atoms with Gasteiger partial charge in [-0.3, -0.25) is 9.59 Å². The molecule has 1 saturated carbocycles. The zero-order valence-corrected chi connectivity index (χ0v) is 17.7. The van der Waals surface area contributed by atoms with E-state index in [-0.39, 0.29) is 17.4 Å². The number of carbonyl (C=O) groups is 2. The molecule has 0 atom stereocenters. The van der Waals surface area contributed by atoms with Gasteiger partial charge in [-0.25, -0.2) is 8.42 Å². The summed E-state index contributed by atoms with van der Waals surface area (Å²) in [5, 5.41) is 2.59. The van der Waals surface area contributed by atoms with E-state index >= 15 is 0 Å². The molecule has 0 spiro atoms. The molecule has 1 aliphatic carbocycles. The van der Waals surface area contributed by atoms with Crippen molar-refractivity contribution in [3.63, 3.8) is 0 Å². The highest BCUT2D eigenvalue weighted by Crippen LogP contribution is 2.31. The minimum atomic E-state index is -3.96. The molecule has 1 amide bonds. The molecular weight excluding hydrogens is 404 g/mol. The molecule has 30 heavy (non-hydrogen) atoms. The Balaban J connectivity index is 1.77. The van der Waals surface area contributed by atoms with Gasteiger partial charge in [0.05, 0.1) is 4.90 Å². The van der Waals surface area contributed by atoms with Crippen molar-refractivity contribution >= 4 is 27.6 Å². The van der Waals surface area contributed by atoms with Crippen molar-refractivity contribution in [2.45, 2.75) is 56.1 Å². The molecule has 2 aromatic rings. The van der Waals surface area contributed by atoms with Gasteiger partial charge in [-0.05, 0) is 42.7 Å². The van der Waals surface area contributed by atoms with Crippen LogP contribution in [0.3, 0.4) is 0 Å². The van der Waals surface area contributed by atoms with Crippen LogP contribution in [0.4, 0.5) is 5.69 Å². The highest BCUT2D eigenvalue weighted by atomic mass is 32.2. The van der Waals surface area contributed by atoms with Crippen LogP contribution in [-0.2, 0) is 31.0 Å². The monoisotopic (exact) mass is 430 g/mol. The van der Waals surface area contributed by atoms with Crippen LogP contribution in [0.5, 0.6) is 0 Å². The zero-order chi connectivity index (χ0) is 21.6. The molecule has 3 rings (SSSR count). The van der Waals surface area contributed by atoms with Gasteiger partial charge in [0.25, 0.3) is 0 Å². The third-order valence-electron chi connectivity index (χ3n) is 5.13. The Kier molecular flexibility index (Phi) is 6.89. The molecule has 2 N–H and O–H groups in total. The van der Waals surface area contributed by atoms with Crippen molar-refractivity contribution in [1.29, 1.82) is 0 Å². The number of hydrogen-bond donors (Lipinski definition) is 2. The van der Waals surface area contributed by atoms with Crippen LogP contribution >= 0.6 is 0 Å². The van der Waals surface area contributed by atoms with Gasteiger partial charge in [-0.2, -0.15) is 4.72 Å². The van der Waals surface area contributed by atoms with E-state index in [2.05, 4.69) is 10.0 Å². The fourth-order valence-electron chi connectivity index (χ4n) is 3.60. The molecule has 160 valence electrons. The lowest BCUT2D eigenvalue weighted by Crippen LogP contribution is -2.56. The first kappa shape index (κ1) is 22.0. The second-order valence-corrected chi connectivity index (χ2v) is 9.20. The van der Waals surface area contributed by atoms with Crippen LogP contribution in [0.1, 0.15) is 44.6 Å². The van der Waals surface area contributed by atoms with Crippen LogP contribution in [-0.4, -0.2) is 25.8 Å². The molecule has 0 heterocycles. The Morgan fingerprint density at radius 2 is 1.60 bits per heavy atom. The topological polar surface area (TPSA) is 102 Å². The molecule has 2 aromatic carbocycles. The van der Waals surface area contributed by atoms with Gasteiger partial charge >= 0.3 is 5.97 Å². The second kappa shape index (κ2) is 9.40. The Labute approximate surface area is 176 Å². The number of sulfonamides is 1. The van der Waals surface area contributed by atoms with Gasteiger partial charge in [0.2, 0.25) is 15.9 Å². The van der Waals surface area contributed by atoms with Crippen molar-refractivity contribution in [3.05, 3.63) is 60.2 Å². The number of hydrogen-bond acceptors (Lipinski definition) is 5. The fraction of sp³-hybridized carbons (Fsp3) is 0.364. The quantitative estimate of drug-likeness (QED) is 0.656. The van der Waals surface area contributed by atoms with Gasteiger partial charge < -0.3 is 10.1 Å². The summed E-state index contributed by atoms with van der Waals surface area (Å²) in [5.74, 6) is -0.796. The lowest BCUT2D eigenvalue weighted by Gasteiger charge is -2.35. The molecule has 1 fully saturated rings. The fourth-order valence-corrected chi connectivity index (χ4v) is 5.02. The SMILES string of the molecule is CC(=O)Nc1ccc(S(=O)(=O)NC2(C(=O)OCc3ccccc3)CCCCC2)cc1. The van der Waals surface area contributed by atoms with E-state index in [9.17, 15) is 18.0 Å². The lowest BCUT2D eigenvalue weighted by molar-refractivity contribution is -0.153. The predicted molar refractivity (Wildman–Crippen MR) is 113 cm³/mol. The zero-order valence-electron chi connectivity index (χ0n) is 16.9. The molecule has 8 heteroatoms. The van der Waals surface area contributed by atoms with Crippen molar-refractivity contribution in [2.75, 3.05) is 5.32 Å². The van der Waals surface area contributed by atoms with Crippen LogP contribution in [0.25, 0.3) is 0 Å². The number of nitrogens with one attached hydrogen (secondary N) is 2. The van der Waals surface area contributed by atoms with E-state index in [1.165, 1.54) is 31.2 Å². The summed E-state index contributed by atoms with van der Waals surface area (Å²) in [4.78, 5) is 24.2. The number of ether oxygens (including phenoxy) is 1. The first-order valence-corrected chi connectivity index (χ1v) is 11.4. The molecule has 7 nitrogen and oxygen atoms in total. The smallest absolute Gasteiger partial charge is 0.327 e. The third-order valence-corrected chi connectivity index (χ3v) is 6.68. The number of esters is 1. The standard InChI is InChI=1S/C22H26N2O5S/c1-17(25)23-19-10-12-20(13-11-19)30(27,28)24-22(14-6-3-7-15-22)21(26)29-16-18-8-4-2-5-9-18/h2,4-5,8-13,24H,3,6-7,14-16H2,1H3,(H,23,25). The van der Waals surface area contributed by atoms with Crippen molar-refractivity contribution < 1.29 is 22.7 Å². The van der Waals surface area contributed by atoms with Crippen LogP contribution in [0, 0.1) is 0 Å². The molecule has 1 aliphatic rings. The summed E-state index contributed by atoms with van der Waals surface area (Å²) in [6.07, 6.45) is 3.21. The van der Waals surface area contributed by atoms with Crippen molar-refractivity contribution in [2.24, 2.45) is 0 Å². The van der Waals surface area contributed by atoms with E-state index < -0.39 is 21.5 Å². The Morgan fingerprint density at radius 1 is 0.967 bits per heavy atom. The van der Waals surface area contributed by atoms with Gasteiger partial charge in [-0.1, -0.05) is 49.6 Å². The molecule has 0 saturated heterocycles. The van der Waals surface area contributed by atoms with Crippen molar-refractivity contribution in [3.8, 4) is 0 Å². The lowest BCUT2D eigenvalue weighted by atomic mass is 9.82. The summed E-state index contributed by atoms with van der Waals surface area (Å²) in [5.41, 5.74) is 0.0617. The van der Waals surface area contributed by atoms with E-state index in [0.29, 0.717) is 18.5 Å². The maximum absolute atomic E-state index is 13.0. The van der Waals surface area contributed by atoms with Crippen LogP contribution in [0.15, 0.2) is 59.5 Å². The van der Waals surface area contributed by atoms with Gasteiger partial charge in [0, 0.05) is 12.6 Å².